The Bertz CT molecular complexity index is 977. The average molecular weight is 347 g/mol. The average Bonchev–Trinajstić information content (AvgIpc) is 3.04. The molecule has 0 aliphatic rings. The van der Waals surface area contributed by atoms with E-state index in [1.54, 1.807) is 0 Å². The maximum absolute atomic E-state index is 11.5. The SMILES string of the molecule is NC(=O)Nc1cn(-c2cccc(C=Cc3ccccc3)c2)nc1C(N)=O. The van der Waals surface area contributed by atoms with Gasteiger partial charge in [-0.05, 0) is 23.3 Å². The summed E-state index contributed by atoms with van der Waals surface area (Å²) in [5.41, 5.74) is 13.3. The number of carbonyl (C=O) groups excluding carboxylic acids is 2. The first-order valence-electron chi connectivity index (χ1n) is 7.82. The van der Waals surface area contributed by atoms with Crippen LogP contribution in [0.2, 0.25) is 0 Å². The largest absolute Gasteiger partial charge is 0.364 e. The molecule has 0 atom stereocenters. The summed E-state index contributed by atoms with van der Waals surface area (Å²) in [5, 5.41) is 6.49. The first kappa shape index (κ1) is 17.0. The van der Waals surface area contributed by atoms with E-state index in [4.69, 9.17) is 11.5 Å². The van der Waals surface area contributed by atoms with Crippen LogP contribution in [0.3, 0.4) is 0 Å². The molecule has 7 heteroatoms. The highest BCUT2D eigenvalue weighted by atomic mass is 16.2. The predicted molar refractivity (Wildman–Crippen MR) is 101 cm³/mol. The van der Waals surface area contributed by atoms with E-state index in [-0.39, 0.29) is 11.4 Å². The second kappa shape index (κ2) is 7.35. The third-order valence-electron chi connectivity index (χ3n) is 3.61. The number of rotatable bonds is 5. The standard InChI is InChI=1S/C19H17N5O2/c20-18(25)17-16(22-19(21)26)12-24(23-17)15-8-4-7-14(11-15)10-9-13-5-2-1-3-6-13/h1-12H,(H2,20,25)(H3,21,22,26). The van der Waals surface area contributed by atoms with E-state index in [1.807, 2.05) is 66.7 Å². The number of nitrogens with zero attached hydrogens (tertiary/aromatic N) is 2. The summed E-state index contributed by atoms with van der Waals surface area (Å²) in [7, 11) is 0. The van der Waals surface area contributed by atoms with Crippen molar-refractivity contribution >= 4 is 29.8 Å². The Balaban J connectivity index is 1.91. The van der Waals surface area contributed by atoms with E-state index in [1.165, 1.54) is 10.9 Å². The first-order valence-corrected chi connectivity index (χ1v) is 7.82. The van der Waals surface area contributed by atoms with E-state index in [0.717, 1.165) is 11.1 Å². The van der Waals surface area contributed by atoms with Gasteiger partial charge in [-0.2, -0.15) is 5.10 Å². The van der Waals surface area contributed by atoms with Crippen molar-refractivity contribution in [3.8, 4) is 5.69 Å². The number of hydrogen-bond acceptors (Lipinski definition) is 3. The molecule has 130 valence electrons. The summed E-state index contributed by atoms with van der Waals surface area (Å²) in [5.74, 6) is -0.757. The zero-order valence-electron chi connectivity index (χ0n) is 13.8. The van der Waals surface area contributed by atoms with Crippen LogP contribution in [0.5, 0.6) is 0 Å². The molecule has 2 aromatic carbocycles. The molecule has 26 heavy (non-hydrogen) atoms. The molecule has 0 radical (unpaired) electrons. The maximum Gasteiger partial charge on any atom is 0.316 e. The Kier molecular flexibility index (Phi) is 4.80. The van der Waals surface area contributed by atoms with Gasteiger partial charge in [-0.1, -0.05) is 54.6 Å². The van der Waals surface area contributed by atoms with Crippen molar-refractivity contribution in [3.63, 3.8) is 0 Å². The van der Waals surface area contributed by atoms with Gasteiger partial charge in [0.15, 0.2) is 5.69 Å². The van der Waals surface area contributed by atoms with Gasteiger partial charge in [0.2, 0.25) is 0 Å². The molecular formula is C19H17N5O2. The molecule has 5 N–H and O–H groups in total. The lowest BCUT2D eigenvalue weighted by molar-refractivity contribution is 0.0996. The Morgan fingerprint density at radius 3 is 2.35 bits per heavy atom. The quantitative estimate of drug-likeness (QED) is 0.616. The van der Waals surface area contributed by atoms with Crippen molar-refractivity contribution in [2.45, 2.75) is 0 Å². The fourth-order valence-electron chi connectivity index (χ4n) is 2.44. The van der Waals surface area contributed by atoms with E-state index in [2.05, 4.69) is 10.4 Å². The van der Waals surface area contributed by atoms with E-state index in [9.17, 15) is 9.59 Å². The normalized spacial score (nSPS) is 10.8. The lowest BCUT2D eigenvalue weighted by atomic mass is 10.1. The molecule has 0 saturated heterocycles. The number of benzene rings is 2. The van der Waals surface area contributed by atoms with Crippen LogP contribution in [0.25, 0.3) is 17.8 Å². The number of aromatic nitrogens is 2. The topological polar surface area (TPSA) is 116 Å². The van der Waals surface area contributed by atoms with E-state index >= 15 is 0 Å². The number of nitrogens with one attached hydrogen (secondary N) is 1. The monoisotopic (exact) mass is 347 g/mol. The number of urea groups is 1. The Morgan fingerprint density at radius 2 is 1.65 bits per heavy atom. The molecule has 0 saturated carbocycles. The van der Waals surface area contributed by atoms with Gasteiger partial charge >= 0.3 is 6.03 Å². The van der Waals surface area contributed by atoms with Crippen molar-refractivity contribution in [2.75, 3.05) is 5.32 Å². The molecule has 0 spiro atoms. The Labute approximate surface area is 149 Å². The van der Waals surface area contributed by atoms with Gasteiger partial charge in [-0.15, -0.1) is 0 Å². The van der Waals surface area contributed by atoms with Gasteiger partial charge in [0, 0.05) is 0 Å². The lowest BCUT2D eigenvalue weighted by Gasteiger charge is -2.02. The highest BCUT2D eigenvalue weighted by molar-refractivity contribution is 6.00. The van der Waals surface area contributed by atoms with Crippen LogP contribution >= 0.6 is 0 Å². The van der Waals surface area contributed by atoms with Crippen LogP contribution in [0.15, 0.2) is 60.8 Å². The highest BCUT2D eigenvalue weighted by Crippen LogP contribution is 2.19. The zero-order chi connectivity index (χ0) is 18.5. The number of amides is 3. The molecule has 0 aliphatic carbocycles. The van der Waals surface area contributed by atoms with E-state index in [0.29, 0.717) is 5.69 Å². The highest BCUT2D eigenvalue weighted by Gasteiger charge is 2.16. The molecule has 1 aromatic heterocycles. The molecule has 3 amide bonds. The minimum Gasteiger partial charge on any atom is -0.364 e. The smallest absolute Gasteiger partial charge is 0.316 e. The molecule has 0 fully saturated rings. The van der Waals surface area contributed by atoms with Crippen LogP contribution in [-0.4, -0.2) is 21.7 Å². The van der Waals surface area contributed by atoms with Crippen LogP contribution < -0.4 is 16.8 Å². The lowest BCUT2D eigenvalue weighted by Crippen LogP contribution is -2.22. The summed E-state index contributed by atoms with van der Waals surface area (Å²) in [4.78, 5) is 22.6. The third-order valence-corrected chi connectivity index (χ3v) is 3.61. The zero-order valence-corrected chi connectivity index (χ0v) is 13.8. The third kappa shape index (κ3) is 3.96. The number of primary amides is 2. The number of anilines is 1. The van der Waals surface area contributed by atoms with Crippen LogP contribution in [0.4, 0.5) is 10.5 Å². The van der Waals surface area contributed by atoms with Gasteiger partial charge in [0.1, 0.15) is 0 Å². The minimum atomic E-state index is -0.799. The van der Waals surface area contributed by atoms with Crippen LogP contribution in [-0.2, 0) is 0 Å². The van der Waals surface area contributed by atoms with Crippen LogP contribution in [0, 0.1) is 0 Å². The Morgan fingerprint density at radius 1 is 0.962 bits per heavy atom. The molecule has 0 bridgehead atoms. The molecule has 7 nitrogen and oxygen atoms in total. The van der Waals surface area contributed by atoms with Gasteiger partial charge in [0.05, 0.1) is 17.6 Å². The summed E-state index contributed by atoms with van der Waals surface area (Å²) < 4.78 is 1.46. The molecular weight excluding hydrogens is 330 g/mol. The van der Waals surface area contributed by atoms with Crippen molar-refractivity contribution in [1.82, 2.24) is 9.78 Å². The summed E-state index contributed by atoms with van der Waals surface area (Å²) in [6, 6.07) is 16.7. The summed E-state index contributed by atoms with van der Waals surface area (Å²) in [6.07, 6.45) is 5.46. The molecule has 3 rings (SSSR count). The Hall–Kier alpha value is -3.87. The van der Waals surface area contributed by atoms with Crippen LogP contribution in [0.1, 0.15) is 21.6 Å². The van der Waals surface area contributed by atoms with Crippen molar-refractivity contribution < 1.29 is 9.59 Å². The van der Waals surface area contributed by atoms with Gasteiger partial charge < -0.3 is 16.8 Å². The number of hydrogen-bond donors (Lipinski definition) is 3. The molecule has 0 unspecified atom stereocenters. The number of nitrogens with two attached hydrogens (primary N) is 2. The van der Waals surface area contributed by atoms with E-state index < -0.39 is 11.9 Å². The second-order valence-electron chi connectivity index (χ2n) is 5.53. The summed E-state index contributed by atoms with van der Waals surface area (Å²) >= 11 is 0. The van der Waals surface area contributed by atoms with Gasteiger partial charge in [0.25, 0.3) is 5.91 Å². The van der Waals surface area contributed by atoms with Crippen molar-refractivity contribution in [3.05, 3.63) is 77.6 Å². The summed E-state index contributed by atoms with van der Waals surface area (Å²) in [6.45, 7) is 0. The van der Waals surface area contributed by atoms with Gasteiger partial charge in [-0.3, -0.25) is 4.79 Å². The fraction of sp³-hybridized carbons (Fsp3) is 0. The minimum absolute atomic E-state index is 0.0611. The molecule has 0 aliphatic heterocycles. The molecule has 1 heterocycles. The fourth-order valence-corrected chi connectivity index (χ4v) is 2.44. The number of carbonyl (C=O) groups is 2. The first-order chi connectivity index (χ1) is 12.5. The van der Waals surface area contributed by atoms with Crippen molar-refractivity contribution in [1.29, 1.82) is 0 Å². The van der Waals surface area contributed by atoms with Crippen molar-refractivity contribution in [2.24, 2.45) is 11.5 Å². The second-order valence-corrected chi connectivity index (χ2v) is 5.53. The van der Waals surface area contributed by atoms with Gasteiger partial charge in [-0.25, -0.2) is 9.48 Å². The maximum atomic E-state index is 11.5. The molecule has 3 aromatic rings. The predicted octanol–water partition coefficient (Wildman–Crippen LogP) is 2.63.